The lowest BCUT2D eigenvalue weighted by Gasteiger charge is -2.33. The van der Waals surface area contributed by atoms with Crippen LogP contribution in [0.3, 0.4) is 0 Å². The zero-order valence-electron chi connectivity index (χ0n) is 18.5. The van der Waals surface area contributed by atoms with Crippen molar-refractivity contribution >= 4 is 28.8 Å². The molecule has 0 saturated carbocycles. The number of fused-ring (bicyclic) bond motifs is 1. The predicted octanol–water partition coefficient (Wildman–Crippen LogP) is 4.15. The van der Waals surface area contributed by atoms with E-state index in [2.05, 4.69) is 10.3 Å². The molecular weight excluding hydrogens is 438 g/mol. The second-order valence-electron chi connectivity index (χ2n) is 7.45. The van der Waals surface area contributed by atoms with Crippen LogP contribution in [-0.2, 0) is 20.9 Å². The molecule has 0 aromatic heterocycles. The molecule has 0 fully saturated rings. The number of nitrogens with one attached hydrogen (secondary N) is 1. The van der Waals surface area contributed by atoms with Crippen LogP contribution in [0.1, 0.15) is 31.0 Å². The summed E-state index contributed by atoms with van der Waals surface area (Å²) in [5.74, 6) is -0.0546. The summed E-state index contributed by atoms with van der Waals surface area (Å²) in [7, 11) is 0. The summed E-state index contributed by atoms with van der Waals surface area (Å²) >= 11 is 1.50. The standard InChI is InChI=1S/C25H25N3O4S/c1-3-31-24(30)22-17(2)27-25-28(12-13-33-25)23(22)19-10-7-11-20(14-19)32-16-21(29)26-15-18-8-5-4-6-9-18/h4-14,23H,3,15-16H2,1-2H3,(H,26,29)/t23-/m1/s1. The molecule has 0 bridgehead atoms. The van der Waals surface area contributed by atoms with Crippen molar-refractivity contribution in [3.8, 4) is 5.75 Å². The van der Waals surface area contributed by atoms with Crippen molar-refractivity contribution in [2.24, 2.45) is 4.99 Å². The molecule has 1 amide bonds. The van der Waals surface area contributed by atoms with Gasteiger partial charge in [0.05, 0.1) is 23.9 Å². The van der Waals surface area contributed by atoms with Crippen LogP contribution in [0.25, 0.3) is 0 Å². The van der Waals surface area contributed by atoms with E-state index >= 15 is 0 Å². The van der Waals surface area contributed by atoms with Gasteiger partial charge in [-0.05, 0) is 42.5 Å². The average Bonchev–Trinajstić information content (AvgIpc) is 3.29. The molecule has 2 aromatic carbocycles. The molecule has 2 aromatic rings. The van der Waals surface area contributed by atoms with E-state index in [4.69, 9.17) is 9.47 Å². The SMILES string of the molecule is CCOC(=O)C1=C(C)N=C2SC=CN2[C@@H]1c1cccc(OCC(=O)NCc2ccccc2)c1. The monoisotopic (exact) mass is 463 g/mol. The van der Waals surface area contributed by atoms with E-state index in [1.54, 1.807) is 13.0 Å². The Morgan fingerprint density at radius 1 is 1.15 bits per heavy atom. The minimum absolute atomic E-state index is 0.104. The zero-order valence-corrected chi connectivity index (χ0v) is 19.3. The van der Waals surface area contributed by atoms with Crippen LogP contribution in [0, 0.1) is 0 Å². The summed E-state index contributed by atoms with van der Waals surface area (Å²) < 4.78 is 11.1. The number of rotatable bonds is 8. The topological polar surface area (TPSA) is 80.2 Å². The molecule has 0 aliphatic carbocycles. The Labute approximate surface area is 197 Å². The molecule has 0 radical (unpaired) electrons. The smallest absolute Gasteiger partial charge is 0.338 e. The van der Waals surface area contributed by atoms with E-state index < -0.39 is 6.04 Å². The molecule has 2 aliphatic heterocycles. The fraction of sp³-hybridized carbons (Fsp3) is 0.240. The minimum atomic E-state index is -0.391. The maximum absolute atomic E-state index is 12.8. The quantitative estimate of drug-likeness (QED) is 0.593. The van der Waals surface area contributed by atoms with Gasteiger partial charge in [0.25, 0.3) is 5.91 Å². The average molecular weight is 464 g/mol. The van der Waals surface area contributed by atoms with Gasteiger partial charge in [0.2, 0.25) is 0 Å². The van der Waals surface area contributed by atoms with Crippen LogP contribution in [0.5, 0.6) is 5.75 Å². The van der Waals surface area contributed by atoms with E-state index in [-0.39, 0.29) is 25.1 Å². The summed E-state index contributed by atoms with van der Waals surface area (Å²) in [6.45, 7) is 4.22. The Morgan fingerprint density at radius 2 is 1.97 bits per heavy atom. The number of thioether (sulfide) groups is 1. The summed E-state index contributed by atoms with van der Waals surface area (Å²) in [4.78, 5) is 31.5. The van der Waals surface area contributed by atoms with Gasteiger partial charge in [0.1, 0.15) is 5.75 Å². The Balaban J connectivity index is 1.48. The van der Waals surface area contributed by atoms with Crippen molar-refractivity contribution in [1.82, 2.24) is 10.2 Å². The number of nitrogens with zero attached hydrogens (tertiary/aromatic N) is 2. The summed E-state index contributed by atoms with van der Waals surface area (Å²) in [5.41, 5.74) is 2.99. The first-order valence-corrected chi connectivity index (χ1v) is 11.6. The Morgan fingerprint density at radius 3 is 2.76 bits per heavy atom. The van der Waals surface area contributed by atoms with Gasteiger partial charge in [0.15, 0.2) is 11.8 Å². The number of hydrogen-bond acceptors (Lipinski definition) is 7. The third-order valence-corrected chi connectivity index (χ3v) is 5.96. The van der Waals surface area contributed by atoms with Crippen molar-refractivity contribution in [3.05, 3.63) is 88.6 Å². The van der Waals surface area contributed by atoms with Crippen molar-refractivity contribution in [1.29, 1.82) is 0 Å². The zero-order chi connectivity index (χ0) is 23.2. The van der Waals surface area contributed by atoms with Crippen LogP contribution in [0.4, 0.5) is 0 Å². The number of allylic oxidation sites excluding steroid dienone is 1. The molecule has 170 valence electrons. The molecular formula is C25H25N3O4S. The number of benzene rings is 2. The Hall–Kier alpha value is -3.52. The number of ether oxygens (including phenoxy) is 2. The van der Waals surface area contributed by atoms with Gasteiger partial charge in [-0.3, -0.25) is 4.79 Å². The van der Waals surface area contributed by atoms with Crippen molar-refractivity contribution in [2.45, 2.75) is 26.4 Å². The first-order valence-electron chi connectivity index (χ1n) is 10.7. The second-order valence-corrected chi connectivity index (χ2v) is 8.32. The number of aliphatic imine (C=N–C) groups is 1. The molecule has 0 spiro atoms. The van der Waals surface area contributed by atoms with Crippen LogP contribution < -0.4 is 10.1 Å². The summed E-state index contributed by atoms with van der Waals surface area (Å²) in [6, 6.07) is 16.7. The van der Waals surface area contributed by atoms with E-state index in [1.165, 1.54) is 11.8 Å². The molecule has 1 atom stereocenters. The maximum Gasteiger partial charge on any atom is 0.338 e. The van der Waals surface area contributed by atoms with E-state index in [9.17, 15) is 9.59 Å². The van der Waals surface area contributed by atoms with Gasteiger partial charge in [-0.15, -0.1) is 0 Å². The van der Waals surface area contributed by atoms with Gasteiger partial charge >= 0.3 is 5.97 Å². The number of hydrogen-bond donors (Lipinski definition) is 1. The van der Waals surface area contributed by atoms with Gasteiger partial charge in [-0.1, -0.05) is 54.2 Å². The van der Waals surface area contributed by atoms with Gasteiger partial charge in [0, 0.05) is 12.7 Å². The molecule has 33 heavy (non-hydrogen) atoms. The van der Waals surface area contributed by atoms with E-state index in [0.29, 0.717) is 23.6 Å². The molecule has 7 nitrogen and oxygen atoms in total. The van der Waals surface area contributed by atoms with Crippen molar-refractivity contribution < 1.29 is 19.1 Å². The van der Waals surface area contributed by atoms with E-state index in [1.807, 2.05) is 72.0 Å². The van der Waals surface area contributed by atoms with Crippen molar-refractivity contribution in [3.63, 3.8) is 0 Å². The maximum atomic E-state index is 12.8. The van der Waals surface area contributed by atoms with Crippen LogP contribution in [0.15, 0.2) is 82.5 Å². The third kappa shape index (κ3) is 5.28. The second kappa shape index (κ2) is 10.4. The highest BCUT2D eigenvalue weighted by Gasteiger charge is 2.37. The van der Waals surface area contributed by atoms with Crippen molar-refractivity contribution in [2.75, 3.05) is 13.2 Å². The Kier molecular flexibility index (Phi) is 7.14. The number of amides is 1. The first kappa shape index (κ1) is 22.7. The normalized spacial score (nSPS) is 16.8. The van der Waals surface area contributed by atoms with Gasteiger partial charge in [-0.2, -0.15) is 0 Å². The number of esters is 1. The largest absolute Gasteiger partial charge is 0.484 e. The molecule has 2 aliphatic rings. The molecule has 8 heteroatoms. The Bertz CT molecular complexity index is 1130. The van der Waals surface area contributed by atoms with E-state index in [0.717, 1.165) is 16.3 Å². The molecule has 0 unspecified atom stereocenters. The summed E-state index contributed by atoms with van der Waals surface area (Å²) in [6.07, 6.45) is 1.91. The van der Waals surface area contributed by atoms with Gasteiger partial charge < -0.3 is 19.7 Å². The number of amidine groups is 1. The molecule has 4 rings (SSSR count). The summed E-state index contributed by atoms with van der Waals surface area (Å²) in [5, 5.41) is 5.59. The lowest BCUT2D eigenvalue weighted by Crippen LogP contribution is -2.34. The molecule has 2 heterocycles. The number of carbonyl (C=O) groups excluding carboxylic acids is 2. The lowest BCUT2D eigenvalue weighted by molar-refractivity contribution is -0.139. The highest BCUT2D eigenvalue weighted by molar-refractivity contribution is 8.16. The first-order chi connectivity index (χ1) is 16.1. The lowest BCUT2D eigenvalue weighted by atomic mass is 9.94. The fourth-order valence-corrected chi connectivity index (χ4v) is 4.46. The minimum Gasteiger partial charge on any atom is -0.484 e. The fourth-order valence-electron chi connectivity index (χ4n) is 3.67. The molecule has 0 saturated heterocycles. The third-order valence-electron chi connectivity index (χ3n) is 5.19. The van der Waals surface area contributed by atoms with Crippen LogP contribution in [-0.4, -0.2) is 35.2 Å². The highest BCUT2D eigenvalue weighted by atomic mass is 32.2. The van der Waals surface area contributed by atoms with Crippen LogP contribution >= 0.6 is 11.8 Å². The molecule has 1 N–H and O–H groups in total. The van der Waals surface area contributed by atoms with Gasteiger partial charge in [-0.25, -0.2) is 9.79 Å². The predicted molar refractivity (Wildman–Crippen MR) is 128 cm³/mol. The van der Waals surface area contributed by atoms with Crippen LogP contribution in [0.2, 0.25) is 0 Å². The number of carbonyl (C=O) groups is 2. The highest BCUT2D eigenvalue weighted by Crippen LogP contribution is 2.41.